The van der Waals surface area contributed by atoms with Crippen molar-refractivity contribution in [3.05, 3.63) is 83.2 Å². The van der Waals surface area contributed by atoms with Crippen molar-refractivity contribution in [3.63, 3.8) is 0 Å². The number of rotatable bonds is 1. The standard InChI is InChI=1S/C25H22FNO/c1-25(2)13-19-22-18-6-4-3-5-15(18)9-12-20(22)27-24(23(19)21(28)14-25)16-7-10-17(26)11-8-16/h3-12,24,27H,13-14H2,1-2H3/t24-/m0/s1. The number of carbonyl (C=O) groups excluding carboxylic acids is 1. The third kappa shape index (κ3) is 2.65. The van der Waals surface area contributed by atoms with Gasteiger partial charge in [0.1, 0.15) is 5.82 Å². The monoisotopic (exact) mass is 371 g/mol. The second-order valence-corrected chi connectivity index (χ2v) is 8.67. The summed E-state index contributed by atoms with van der Waals surface area (Å²) in [5.74, 6) is -0.0806. The molecule has 140 valence electrons. The molecule has 5 rings (SSSR count). The zero-order chi connectivity index (χ0) is 19.5. The van der Waals surface area contributed by atoms with Crippen LogP contribution in [0.2, 0.25) is 0 Å². The summed E-state index contributed by atoms with van der Waals surface area (Å²) in [4.78, 5) is 13.3. The van der Waals surface area contributed by atoms with Crippen LogP contribution in [-0.2, 0) is 4.79 Å². The van der Waals surface area contributed by atoms with Crippen molar-refractivity contribution >= 4 is 27.8 Å². The Hall–Kier alpha value is -2.94. The van der Waals surface area contributed by atoms with Crippen LogP contribution < -0.4 is 5.32 Å². The summed E-state index contributed by atoms with van der Waals surface area (Å²) >= 11 is 0. The second kappa shape index (κ2) is 6.03. The molecule has 0 spiro atoms. The summed E-state index contributed by atoms with van der Waals surface area (Å²) in [6.45, 7) is 4.32. The second-order valence-electron chi connectivity index (χ2n) is 8.67. The highest BCUT2D eigenvalue weighted by atomic mass is 19.1. The Kier molecular flexibility index (Phi) is 3.70. The number of hydrogen-bond acceptors (Lipinski definition) is 2. The van der Waals surface area contributed by atoms with E-state index in [2.05, 4.69) is 43.4 Å². The van der Waals surface area contributed by atoms with Crippen LogP contribution >= 0.6 is 0 Å². The summed E-state index contributed by atoms with van der Waals surface area (Å²) in [7, 11) is 0. The number of Topliss-reactive ketones (excluding diaryl/α,β-unsaturated/α-hetero) is 1. The summed E-state index contributed by atoms with van der Waals surface area (Å²) in [6.07, 6.45) is 1.39. The van der Waals surface area contributed by atoms with Crippen LogP contribution in [0.4, 0.5) is 10.1 Å². The fourth-order valence-corrected chi connectivity index (χ4v) is 4.74. The molecule has 3 heteroatoms. The number of ketones is 1. The third-order valence-corrected chi connectivity index (χ3v) is 5.94. The average Bonchev–Trinajstić information content (AvgIpc) is 2.66. The van der Waals surface area contributed by atoms with Crippen molar-refractivity contribution < 1.29 is 9.18 Å². The van der Waals surface area contributed by atoms with Gasteiger partial charge in [-0.1, -0.05) is 56.3 Å². The van der Waals surface area contributed by atoms with Gasteiger partial charge in [0.2, 0.25) is 0 Å². The molecule has 0 radical (unpaired) electrons. The van der Waals surface area contributed by atoms with Gasteiger partial charge in [-0.2, -0.15) is 0 Å². The number of hydrogen-bond donors (Lipinski definition) is 1. The fourth-order valence-electron chi connectivity index (χ4n) is 4.74. The van der Waals surface area contributed by atoms with E-state index in [1.54, 1.807) is 12.1 Å². The number of nitrogens with one attached hydrogen (secondary N) is 1. The van der Waals surface area contributed by atoms with Crippen molar-refractivity contribution in [2.24, 2.45) is 5.41 Å². The smallest absolute Gasteiger partial charge is 0.162 e. The van der Waals surface area contributed by atoms with E-state index < -0.39 is 0 Å². The van der Waals surface area contributed by atoms with Gasteiger partial charge in [0.15, 0.2) is 5.78 Å². The molecular formula is C25H22FNO. The topological polar surface area (TPSA) is 29.1 Å². The van der Waals surface area contributed by atoms with Crippen molar-refractivity contribution in [3.8, 4) is 0 Å². The molecule has 3 aromatic rings. The SMILES string of the molecule is CC1(C)CC(=O)C2=C(C1)c1c(ccc3ccccc13)N[C@H]2c1ccc(F)cc1. The highest BCUT2D eigenvalue weighted by Gasteiger charge is 2.40. The molecule has 3 aromatic carbocycles. The molecule has 1 aliphatic heterocycles. The van der Waals surface area contributed by atoms with E-state index in [0.717, 1.165) is 34.4 Å². The average molecular weight is 371 g/mol. The van der Waals surface area contributed by atoms with Crippen molar-refractivity contribution in [2.75, 3.05) is 5.32 Å². The fraction of sp³-hybridized carbons (Fsp3) is 0.240. The number of benzene rings is 3. The van der Waals surface area contributed by atoms with Crippen molar-refractivity contribution in [2.45, 2.75) is 32.7 Å². The van der Waals surface area contributed by atoms with E-state index in [4.69, 9.17) is 0 Å². The lowest BCUT2D eigenvalue weighted by atomic mass is 9.68. The maximum atomic E-state index is 13.5. The molecule has 0 saturated heterocycles. The van der Waals surface area contributed by atoms with E-state index in [-0.39, 0.29) is 23.1 Å². The molecule has 0 unspecified atom stereocenters. The molecule has 2 nitrogen and oxygen atoms in total. The lowest BCUT2D eigenvalue weighted by Crippen LogP contribution is -2.33. The van der Waals surface area contributed by atoms with Gasteiger partial charge in [-0.05, 0) is 51.9 Å². The van der Waals surface area contributed by atoms with Gasteiger partial charge in [0, 0.05) is 23.2 Å². The Bertz CT molecular complexity index is 1140. The maximum absolute atomic E-state index is 13.5. The minimum atomic E-state index is -0.267. The molecule has 1 N–H and O–H groups in total. The van der Waals surface area contributed by atoms with Gasteiger partial charge in [-0.3, -0.25) is 4.79 Å². The predicted molar refractivity (Wildman–Crippen MR) is 112 cm³/mol. The Morgan fingerprint density at radius 1 is 0.964 bits per heavy atom. The number of carbonyl (C=O) groups is 1. The highest BCUT2D eigenvalue weighted by molar-refractivity contribution is 6.12. The van der Waals surface area contributed by atoms with Gasteiger partial charge in [-0.15, -0.1) is 0 Å². The number of fused-ring (bicyclic) bond motifs is 4. The number of anilines is 1. The molecular weight excluding hydrogens is 349 g/mol. The van der Waals surface area contributed by atoms with Crippen LogP contribution in [0, 0.1) is 11.2 Å². The summed E-state index contributed by atoms with van der Waals surface area (Å²) in [5, 5.41) is 5.92. The van der Waals surface area contributed by atoms with Gasteiger partial charge in [0.25, 0.3) is 0 Å². The largest absolute Gasteiger partial charge is 0.373 e. The maximum Gasteiger partial charge on any atom is 0.162 e. The molecule has 0 fully saturated rings. The van der Waals surface area contributed by atoms with E-state index >= 15 is 0 Å². The first kappa shape index (κ1) is 17.2. The Labute approximate surface area is 164 Å². The van der Waals surface area contributed by atoms with E-state index in [9.17, 15) is 9.18 Å². The zero-order valence-electron chi connectivity index (χ0n) is 16.1. The molecule has 0 aromatic heterocycles. The molecule has 1 heterocycles. The predicted octanol–water partition coefficient (Wildman–Crippen LogP) is 6.29. The van der Waals surface area contributed by atoms with E-state index in [0.29, 0.717) is 6.42 Å². The summed E-state index contributed by atoms with van der Waals surface area (Å²) in [6, 6.07) is 18.8. The first-order valence-electron chi connectivity index (χ1n) is 9.73. The normalized spacial score (nSPS) is 20.5. The minimum Gasteiger partial charge on any atom is -0.373 e. The molecule has 0 amide bonds. The van der Waals surface area contributed by atoms with Gasteiger partial charge < -0.3 is 5.32 Å². The molecule has 1 atom stereocenters. The van der Waals surface area contributed by atoms with Crippen LogP contribution in [0.15, 0.2) is 66.2 Å². The third-order valence-electron chi connectivity index (χ3n) is 5.94. The number of allylic oxidation sites excluding steroid dienone is 1. The Morgan fingerprint density at radius 3 is 2.50 bits per heavy atom. The van der Waals surface area contributed by atoms with Crippen LogP contribution in [0.5, 0.6) is 0 Å². The van der Waals surface area contributed by atoms with Gasteiger partial charge in [-0.25, -0.2) is 4.39 Å². The van der Waals surface area contributed by atoms with E-state index in [1.165, 1.54) is 22.9 Å². The number of halogens is 1. The minimum absolute atomic E-state index is 0.0746. The van der Waals surface area contributed by atoms with Gasteiger partial charge >= 0.3 is 0 Å². The first-order chi connectivity index (χ1) is 13.4. The molecule has 1 aliphatic carbocycles. The van der Waals surface area contributed by atoms with Gasteiger partial charge in [0.05, 0.1) is 6.04 Å². The molecule has 0 saturated carbocycles. The summed E-state index contributed by atoms with van der Waals surface area (Å²) in [5.41, 5.74) is 5.01. The molecule has 28 heavy (non-hydrogen) atoms. The highest BCUT2D eigenvalue weighted by Crippen LogP contribution is 2.51. The Balaban J connectivity index is 1.79. The molecule has 2 aliphatic rings. The lowest BCUT2D eigenvalue weighted by molar-refractivity contribution is -0.118. The zero-order valence-corrected chi connectivity index (χ0v) is 16.1. The molecule has 0 bridgehead atoms. The van der Waals surface area contributed by atoms with Crippen LogP contribution in [0.25, 0.3) is 16.3 Å². The van der Waals surface area contributed by atoms with Crippen LogP contribution in [0.3, 0.4) is 0 Å². The first-order valence-corrected chi connectivity index (χ1v) is 9.73. The van der Waals surface area contributed by atoms with Crippen molar-refractivity contribution in [1.82, 2.24) is 0 Å². The van der Waals surface area contributed by atoms with E-state index in [1.807, 2.05) is 12.1 Å². The van der Waals surface area contributed by atoms with Crippen LogP contribution in [0.1, 0.15) is 43.9 Å². The summed E-state index contributed by atoms with van der Waals surface area (Å²) < 4.78 is 13.5. The van der Waals surface area contributed by atoms with Crippen LogP contribution in [-0.4, -0.2) is 5.78 Å². The quantitative estimate of drug-likeness (QED) is 0.545. The Morgan fingerprint density at radius 2 is 1.71 bits per heavy atom. The van der Waals surface area contributed by atoms with Crippen molar-refractivity contribution in [1.29, 1.82) is 0 Å². The lowest BCUT2D eigenvalue weighted by Gasteiger charge is -2.40.